The maximum Gasteiger partial charge on any atom is 0.453 e. The van der Waals surface area contributed by atoms with E-state index in [0.717, 1.165) is 23.0 Å². The van der Waals surface area contributed by atoms with Crippen molar-refractivity contribution in [1.82, 2.24) is 24.7 Å². The van der Waals surface area contributed by atoms with E-state index in [1.54, 1.807) is 10.9 Å². The molecule has 10 heteroatoms. The Hall–Kier alpha value is -2.49. The SMILES string of the molecule is Nn1c(SCc2ccc(-n3cccn3)cc2)nnc1C(F)(F)F. The van der Waals surface area contributed by atoms with E-state index < -0.39 is 12.0 Å². The van der Waals surface area contributed by atoms with Crippen LogP contribution in [0.2, 0.25) is 0 Å². The average molecular weight is 340 g/mol. The van der Waals surface area contributed by atoms with E-state index in [1.165, 1.54) is 0 Å². The summed E-state index contributed by atoms with van der Waals surface area (Å²) < 4.78 is 39.9. The number of halogens is 3. The highest BCUT2D eigenvalue weighted by atomic mass is 32.2. The van der Waals surface area contributed by atoms with Crippen molar-refractivity contribution in [2.75, 3.05) is 5.84 Å². The number of nitrogen functional groups attached to an aromatic ring is 1. The second kappa shape index (κ2) is 5.95. The number of aromatic nitrogens is 5. The minimum absolute atomic E-state index is 0.00785. The van der Waals surface area contributed by atoms with Gasteiger partial charge in [0.2, 0.25) is 5.16 Å². The molecule has 3 rings (SSSR count). The van der Waals surface area contributed by atoms with Crippen LogP contribution >= 0.6 is 11.8 Å². The molecule has 2 aromatic heterocycles. The fourth-order valence-corrected chi connectivity index (χ4v) is 2.70. The fourth-order valence-electron chi connectivity index (χ4n) is 1.88. The molecule has 6 nitrogen and oxygen atoms in total. The first-order chi connectivity index (χ1) is 10.9. The van der Waals surface area contributed by atoms with Crippen LogP contribution in [-0.4, -0.2) is 24.7 Å². The first kappa shape index (κ1) is 15.4. The van der Waals surface area contributed by atoms with Crippen LogP contribution in [0.4, 0.5) is 13.2 Å². The zero-order chi connectivity index (χ0) is 16.4. The molecular weight excluding hydrogens is 329 g/mol. The van der Waals surface area contributed by atoms with E-state index in [0.29, 0.717) is 10.4 Å². The van der Waals surface area contributed by atoms with Gasteiger partial charge in [-0.25, -0.2) is 9.36 Å². The summed E-state index contributed by atoms with van der Waals surface area (Å²) in [5, 5.41) is 10.7. The van der Waals surface area contributed by atoms with E-state index in [4.69, 9.17) is 5.84 Å². The van der Waals surface area contributed by atoms with Gasteiger partial charge in [-0.15, -0.1) is 10.2 Å². The number of rotatable bonds is 4. The van der Waals surface area contributed by atoms with Gasteiger partial charge in [-0.2, -0.15) is 18.3 Å². The average Bonchev–Trinajstić information content (AvgIpc) is 3.15. The Morgan fingerprint density at radius 3 is 2.43 bits per heavy atom. The van der Waals surface area contributed by atoms with Gasteiger partial charge in [-0.1, -0.05) is 23.9 Å². The molecule has 0 amide bonds. The summed E-state index contributed by atoms with van der Waals surface area (Å²) in [7, 11) is 0. The molecule has 0 radical (unpaired) electrons. The molecule has 3 aromatic rings. The monoisotopic (exact) mass is 340 g/mol. The van der Waals surface area contributed by atoms with Gasteiger partial charge in [0.1, 0.15) is 0 Å². The maximum absolute atomic E-state index is 12.6. The molecule has 0 aliphatic heterocycles. The summed E-state index contributed by atoms with van der Waals surface area (Å²) in [6.45, 7) is 0. The minimum Gasteiger partial charge on any atom is -0.335 e. The largest absolute Gasteiger partial charge is 0.453 e. The number of benzene rings is 1. The van der Waals surface area contributed by atoms with Crippen LogP contribution in [0.1, 0.15) is 11.4 Å². The van der Waals surface area contributed by atoms with E-state index in [2.05, 4.69) is 15.3 Å². The van der Waals surface area contributed by atoms with Crippen LogP contribution in [0, 0.1) is 0 Å². The summed E-state index contributed by atoms with van der Waals surface area (Å²) >= 11 is 1.08. The third kappa shape index (κ3) is 3.31. The topological polar surface area (TPSA) is 74.5 Å². The van der Waals surface area contributed by atoms with Crippen molar-refractivity contribution in [3.8, 4) is 5.69 Å². The van der Waals surface area contributed by atoms with Gasteiger partial charge in [0, 0.05) is 18.1 Å². The van der Waals surface area contributed by atoms with Gasteiger partial charge in [0.25, 0.3) is 5.82 Å². The Labute approximate surface area is 133 Å². The van der Waals surface area contributed by atoms with Crippen LogP contribution < -0.4 is 5.84 Å². The summed E-state index contributed by atoms with van der Waals surface area (Å²) in [6, 6.07) is 9.29. The summed E-state index contributed by atoms with van der Waals surface area (Å²) in [5.74, 6) is 4.59. The zero-order valence-electron chi connectivity index (χ0n) is 11.6. The lowest BCUT2D eigenvalue weighted by Gasteiger charge is -2.06. The second-order valence-electron chi connectivity index (χ2n) is 4.58. The molecule has 0 saturated heterocycles. The molecule has 0 saturated carbocycles. The Kier molecular flexibility index (Phi) is 3.99. The van der Waals surface area contributed by atoms with E-state index in [9.17, 15) is 13.2 Å². The van der Waals surface area contributed by atoms with Crippen molar-refractivity contribution in [2.45, 2.75) is 17.1 Å². The summed E-state index contributed by atoms with van der Waals surface area (Å²) in [5.41, 5.74) is 1.81. The number of nitrogens with two attached hydrogens (primary N) is 1. The van der Waals surface area contributed by atoms with Crippen LogP contribution in [0.5, 0.6) is 0 Å². The highest BCUT2D eigenvalue weighted by Gasteiger charge is 2.38. The van der Waals surface area contributed by atoms with E-state index in [1.807, 2.05) is 36.5 Å². The first-order valence-electron chi connectivity index (χ1n) is 6.44. The number of hydrogen-bond donors (Lipinski definition) is 1. The van der Waals surface area contributed by atoms with E-state index >= 15 is 0 Å². The molecular formula is C13H11F3N6S. The van der Waals surface area contributed by atoms with Crippen LogP contribution in [0.15, 0.2) is 47.9 Å². The van der Waals surface area contributed by atoms with Crippen molar-refractivity contribution in [2.24, 2.45) is 0 Å². The van der Waals surface area contributed by atoms with Crippen molar-refractivity contribution in [3.05, 3.63) is 54.1 Å². The van der Waals surface area contributed by atoms with Crippen LogP contribution in [-0.2, 0) is 11.9 Å². The molecule has 23 heavy (non-hydrogen) atoms. The number of hydrogen-bond acceptors (Lipinski definition) is 5. The first-order valence-corrected chi connectivity index (χ1v) is 7.43. The molecule has 0 bridgehead atoms. The van der Waals surface area contributed by atoms with Crippen molar-refractivity contribution < 1.29 is 13.2 Å². The molecule has 0 aliphatic carbocycles. The third-order valence-corrected chi connectivity index (χ3v) is 4.01. The van der Waals surface area contributed by atoms with Gasteiger partial charge in [0.05, 0.1) is 5.69 Å². The van der Waals surface area contributed by atoms with Gasteiger partial charge >= 0.3 is 6.18 Å². The molecule has 2 heterocycles. The van der Waals surface area contributed by atoms with Crippen LogP contribution in [0.3, 0.4) is 0 Å². The highest BCUT2D eigenvalue weighted by molar-refractivity contribution is 7.98. The molecule has 2 N–H and O–H groups in total. The smallest absolute Gasteiger partial charge is 0.335 e. The quantitative estimate of drug-likeness (QED) is 0.583. The van der Waals surface area contributed by atoms with Crippen LogP contribution in [0.25, 0.3) is 5.69 Å². The van der Waals surface area contributed by atoms with Crippen molar-refractivity contribution in [1.29, 1.82) is 0 Å². The highest BCUT2D eigenvalue weighted by Crippen LogP contribution is 2.29. The van der Waals surface area contributed by atoms with Gasteiger partial charge in [-0.05, 0) is 23.8 Å². The number of nitrogens with zero attached hydrogens (tertiary/aromatic N) is 5. The Morgan fingerprint density at radius 2 is 1.87 bits per heavy atom. The Morgan fingerprint density at radius 1 is 1.13 bits per heavy atom. The predicted octanol–water partition coefficient (Wildman–Crippen LogP) is 2.49. The normalized spacial score (nSPS) is 11.8. The second-order valence-corrected chi connectivity index (χ2v) is 5.52. The molecule has 0 atom stereocenters. The van der Waals surface area contributed by atoms with Gasteiger partial charge in [-0.3, -0.25) is 0 Å². The third-order valence-electron chi connectivity index (χ3n) is 2.99. The standard InChI is InChI=1S/C13H11F3N6S/c14-13(15,16)11-19-20-12(22(11)17)23-8-9-2-4-10(5-3-9)21-7-1-6-18-21/h1-7H,8,17H2. The van der Waals surface area contributed by atoms with Gasteiger partial charge in [0.15, 0.2) is 0 Å². The van der Waals surface area contributed by atoms with Crippen molar-refractivity contribution in [3.63, 3.8) is 0 Å². The zero-order valence-corrected chi connectivity index (χ0v) is 12.4. The lowest BCUT2D eigenvalue weighted by Crippen LogP contribution is -2.21. The number of thioether (sulfide) groups is 1. The maximum atomic E-state index is 12.6. The molecule has 0 fully saturated rings. The molecule has 120 valence electrons. The molecule has 0 unspecified atom stereocenters. The van der Waals surface area contributed by atoms with Gasteiger partial charge < -0.3 is 5.84 Å². The Bertz CT molecular complexity index is 779. The van der Waals surface area contributed by atoms with Crippen molar-refractivity contribution >= 4 is 11.8 Å². The predicted molar refractivity (Wildman–Crippen MR) is 78.3 cm³/mol. The molecule has 1 aromatic carbocycles. The summed E-state index contributed by atoms with van der Waals surface area (Å²) in [4.78, 5) is 0. The van der Waals surface area contributed by atoms with E-state index in [-0.39, 0.29) is 5.16 Å². The number of alkyl halides is 3. The fraction of sp³-hybridized carbons (Fsp3) is 0.154. The lowest BCUT2D eigenvalue weighted by atomic mass is 10.2. The molecule has 0 spiro atoms. The molecule has 0 aliphatic rings. The minimum atomic E-state index is -4.62. The Balaban J connectivity index is 1.68. The summed E-state index contributed by atoms with van der Waals surface area (Å²) in [6.07, 6.45) is -1.12. The lowest BCUT2D eigenvalue weighted by molar-refractivity contribution is -0.146.